The number of thioether (sulfide) groups is 1. The normalized spacial score (nSPS) is 17.4. The van der Waals surface area contributed by atoms with E-state index in [2.05, 4.69) is 29.6 Å². The molecule has 138 valence electrons. The lowest BCUT2D eigenvalue weighted by atomic mass is 10.0. The van der Waals surface area contributed by atoms with Crippen LogP contribution in [-0.4, -0.2) is 35.9 Å². The number of nitrogens with one attached hydrogen (secondary N) is 1. The van der Waals surface area contributed by atoms with Gasteiger partial charge in [-0.3, -0.25) is 4.79 Å². The van der Waals surface area contributed by atoms with Crippen LogP contribution in [0.25, 0.3) is 0 Å². The molecule has 2 N–H and O–H groups in total. The van der Waals surface area contributed by atoms with Crippen LogP contribution >= 0.6 is 11.8 Å². The molecule has 0 aliphatic carbocycles. The number of Topliss-reactive ketones (excluding diaryl/α,β-unsaturated/α-hetero) is 1. The van der Waals surface area contributed by atoms with E-state index in [1.807, 2.05) is 18.7 Å². The van der Waals surface area contributed by atoms with Crippen LogP contribution in [0.2, 0.25) is 0 Å². The van der Waals surface area contributed by atoms with Crippen molar-refractivity contribution >= 4 is 17.5 Å². The van der Waals surface area contributed by atoms with Gasteiger partial charge >= 0.3 is 0 Å². The molecule has 5 heteroatoms. The molecular weight excluding hydrogens is 346 g/mol. The summed E-state index contributed by atoms with van der Waals surface area (Å²) in [4.78, 5) is 12.9. The standard InChI is InChI=1S/C21H25NO3S/c1-2-20(24)15-7-9-17(10-8-15)25-14-16(23)13-22-19-11-12-26-21-6-4-3-5-18(19)21/h3-10,16,19,22-23H,2,11-14H2,1H3/t16-,19+/m1/s1. The Balaban J connectivity index is 1.46. The Morgan fingerprint density at radius 2 is 2.04 bits per heavy atom. The van der Waals surface area contributed by atoms with Crippen molar-refractivity contribution in [3.05, 3.63) is 59.7 Å². The molecule has 4 nitrogen and oxygen atoms in total. The van der Waals surface area contributed by atoms with Crippen LogP contribution in [0.5, 0.6) is 5.75 Å². The fourth-order valence-electron chi connectivity index (χ4n) is 3.02. The lowest BCUT2D eigenvalue weighted by Crippen LogP contribution is -2.35. The molecule has 0 saturated carbocycles. The van der Waals surface area contributed by atoms with Crippen LogP contribution in [0.3, 0.4) is 0 Å². The van der Waals surface area contributed by atoms with Gasteiger partial charge in [0.1, 0.15) is 18.5 Å². The summed E-state index contributed by atoms with van der Waals surface area (Å²) in [6.07, 6.45) is 0.962. The molecule has 1 heterocycles. The molecule has 0 amide bonds. The van der Waals surface area contributed by atoms with Crippen molar-refractivity contribution in [3.63, 3.8) is 0 Å². The molecule has 1 aliphatic rings. The van der Waals surface area contributed by atoms with Gasteiger partial charge in [-0.05, 0) is 48.1 Å². The summed E-state index contributed by atoms with van der Waals surface area (Å²) in [5.41, 5.74) is 2.00. The Hall–Kier alpha value is -1.82. The van der Waals surface area contributed by atoms with Crippen molar-refractivity contribution < 1.29 is 14.6 Å². The van der Waals surface area contributed by atoms with Crippen LogP contribution in [0.4, 0.5) is 0 Å². The van der Waals surface area contributed by atoms with E-state index in [1.54, 1.807) is 24.3 Å². The van der Waals surface area contributed by atoms with Crippen LogP contribution in [0, 0.1) is 0 Å². The zero-order valence-corrected chi connectivity index (χ0v) is 15.8. The Labute approximate surface area is 159 Å². The molecule has 3 rings (SSSR count). The summed E-state index contributed by atoms with van der Waals surface area (Å²) in [6.45, 7) is 2.55. The average Bonchev–Trinajstić information content (AvgIpc) is 2.70. The van der Waals surface area contributed by atoms with Crippen LogP contribution < -0.4 is 10.1 Å². The van der Waals surface area contributed by atoms with Crippen LogP contribution in [-0.2, 0) is 0 Å². The lowest BCUT2D eigenvalue weighted by Gasteiger charge is -2.27. The van der Waals surface area contributed by atoms with Crippen LogP contribution in [0.15, 0.2) is 53.4 Å². The Kier molecular flexibility index (Phi) is 6.72. The number of rotatable bonds is 8. The summed E-state index contributed by atoms with van der Waals surface area (Å²) in [7, 11) is 0. The molecule has 0 aromatic heterocycles. The molecule has 1 aliphatic heterocycles. The van der Waals surface area contributed by atoms with E-state index >= 15 is 0 Å². The molecule has 0 saturated heterocycles. The average molecular weight is 372 g/mol. The Bertz CT molecular complexity index is 732. The minimum atomic E-state index is -0.589. The van der Waals surface area contributed by atoms with E-state index in [0.29, 0.717) is 24.3 Å². The van der Waals surface area contributed by atoms with Crippen molar-refractivity contribution in [1.82, 2.24) is 5.32 Å². The monoisotopic (exact) mass is 371 g/mol. The van der Waals surface area contributed by atoms with Crippen molar-refractivity contribution in [1.29, 1.82) is 0 Å². The van der Waals surface area contributed by atoms with E-state index in [1.165, 1.54) is 10.5 Å². The summed E-state index contributed by atoms with van der Waals surface area (Å²) in [6, 6.07) is 15.8. The zero-order valence-electron chi connectivity index (χ0n) is 15.0. The third-order valence-electron chi connectivity index (χ3n) is 4.50. The molecule has 0 unspecified atom stereocenters. The highest BCUT2D eigenvalue weighted by atomic mass is 32.2. The van der Waals surface area contributed by atoms with Gasteiger partial charge in [-0.1, -0.05) is 25.1 Å². The maximum Gasteiger partial charge on any atom is 0.162 e. The minimum absolute atomic E-state index is 0.117. The molecule has 0 spiro atoms. The Morgan fingerprint density at radius 3 is 2.81 bits per heavy atom. The second-order valence-electron chi connectivity index (χ2n) is 6.40. The first-order valence-electron chi connectivity index (χ1n) is 9.06. The molecule has 0 fully saturated rings. The quantitative estimate of drug-likeness (QED) is 0.691. The summed E-state index contributed by atoms with van der Waals surface area (Å²) >= 11 is 1.89. The predicted octanol–water partition coefficient (Wildman–Crippen LogP) is 3.85. The van der Waals surface area contributed by atoms with E-state index in [-0.39, 0.29) is 18.4 Å². The highest BCUT2D eigenvalue weighted by Gasteiger charge is 2.20. The fourth-order valence-corrected chi connectivity index (χ4v) is 4.15. The number of ether oxygens (including phenoxy) is 1. The van der Waals surface area contributed by atoms with Crippen molar-refractivity contribution in [3.8, 4) is 5.75 Å². The van der Waals surface area contributed by atoms with Crippen molar-refractivity contribution in [2.45, 2.75) is 36.8 Å². The summed E-state index contributed by atoms with van der Waals surface area (Å²) in [5, 5.41) is 13.7. The van der Waals surface area contributed by atoms with Gasteiger partial charge < -0.3 is 15.2 Å². The maximum absolute atomic E-state index is 11.6. The van der Waals surface area contributed by atoms with E-state index in [4.69, 9.17) is 4.74 Å². The Morgan fingerprint density at radius 1 is 1.27 bits per heavy atom. The molecule has 0 radical (unpaired) electrons. The first-order chi connectivity index (χ1) is 12.7. The van der Waals surface area contributed by atoms with Crippen LogP contribution in [0.1, 0.15) is 41.7 Å². The summed E-state index contributed by atoms with van der Waals surface area (Å²) < 4.78 is 5.64. The van der Waals surface area contributed by atoms with E-state index < -0.39 is 6.10 Å². The van der Waals surface area contributed by atoms with Gasteiger partial charge in [0.2, 0.25) is 0 Å². The number of benzene rings is 2. The first kappa shape index (κ1) is 19.0. The molecular formula is C21H25NO3S. The number of hydrogen-bond acceptors (Lipinski definition) is 5. The third-order valence-corrected chi connectivity index (χ3v) is 5.62. The number of ketones is 1. The van der Waals surface area contributed by atoms with Gasteiger partial charge in [0.15, 0.2) is 5.78 Å². The molecule has 2 atom stereocenters. The zero-order chi connectivity index (χ0) is 18.4. The highest BCUT2D eigenvalue weighted by Crippen LogP contribution is 2.35. The first-order valence-corrected chi connectivity index (χ1v) is 10.0. The van der Waals surface area contributed by atoms with Gasteiger partial charge in [-0.2, -0.15) is 0 Å². The number of carbonyl (C=O) groups excluding carboxylic acids is 1. The predicted molar refractivity (Wildman–Crippen MR) is 105 cm³/mol. The second kappa shape index (κ2) is 9.21. The van der Waals surface area contributed by atoms with Gasteiger partial charge in [0.05, 0.1) is 0 Å². The van der Waals surface area contributed by atoms with Gasteiger partial charge in [0.25, 0.3) is 0 Å². The summed E-state index contributed by atoms with van der Waals surface area (Å²) in [5.74, 6) is 1.87. The number of aliphatic hydroxyl groups is 1. The number of fused-ring (bicyclic) bond motifs is 1. The molecule has 2 aromatic carbocycles. The lowest BCUT2D eigenvalue weighted by molar-refractivity contribution is 0.0986. The fraction of sp³-hybridized carbons (Fsp3) is 0.381. The second-order valence-corrected chi connectivity index (χ2v) is 7.54. The van der Waals surface area contributed by atoms with Gasteiger partial charge in [-0.25, -0.2) is 0 Å². The molecule has 26 heavy (non-hydrogen) atoms. The molecule has 0 bridgehead atoms. The van der Waals surface area contributed by atoms with E-state index in [0.717, 1.165) is 12.2 Å². The van der Waals surface area contributed by atoms with Crippen molar-refractivity contribution in [2.24, 2.45) is 0 Å². The van der Waals surface area contributed by atoms with Crippen molar-refractivity contribution in [2.75, 3.05) is 18.9 Å². The third kappa shape index (κ3) is 4.87. The van der Waals surface area contributed by atoms with Gasteiger partial charge in [-0.15, -0.1) is 11.8 Å². The minimum Gasteiger partial charge on any atom is -0.491 e. The highest BCUT2D eigenvalue weighted by molar-refractivity contribution is 7.99. The number of hydrogen-bond donors (Lipinski definition) is 2. The maximum atomic E-state index is 11.6. The molecule has 2 aromatic rings. The topological polar surface area (TPSA) is 58.6 Å². The smallest absolute Gasteiger partial charge is 0.162 e. The number of carbonyl (C=O) groups is 1. The largest absolute Gasteiger partial charge is 0.491 e. The van der Waals surface area contributed by atoms with E-state index in [9.17, 15) is 9.90 Å². The number of aliphatic hydroxyl groups excluding tert-OH is 1. The van der Waals surface area contributed by atoms with Gasteiger partial charge in [0, 0.05) is 29.5 Å². The SMILES string of the molecule is CCC(=O)c1ccc(OC[C@H](O)CN[C@H]2CCSc3ccccc32)cc1.